The Bertz CT molecular complexity index is 812. The monoisotopic (exact) mass is 345 g/mol. The van der Waals surface area contributed by atoms with Crippen molar-refractivity contribution in [2.75, 3.05) is 45.3 Å². The first kappa shape index (κ1) is 17.4. The van der Waals surface area contributed by atoms with Crippen LogP contribution < -0.4 is 15.9 Å². The first-order valence-corrected chi connectivity index (χ1v) is 8.35. The highest BCUT2D eigenvalue weighted by molar-refractivity contribution is 5.78. The van der Waals surface area contributed by atoms with Gasteiger partial charge in [0, 0.05) is 40.2 Å². The zero-order valence-electron chi connectivity index (χ0n) is 14.6. The van der Waals surface area contributed by atoms with Crippen LogP contribution in [-0.4, -0.2) is 60.9 Å². The van der Waals surface area contributed by atoms with Crippen molar-refractivity contribution >= 4 is 22.8 Å². The number of carbonyl (C=O) groups excluding carboxylic acids is 1. The molecule has 8 nitrogen and oxygen atoms in total. The summed E-state index contributed by atoms with van der Waals surface area (Å²) in [5, 5.41) is 1.59. The molecule has 1 fully saturated rings. The molecule has 1 aromatic heterocycles. The number of ether oxygens (including phenoxy) is 1. The molecule has 0 aliphatic carbocycles. The lowest BCUT2D eigenvalue weighted by Crippen LogP contribution is -2.42. The number of amides is 1. The SMILES string of the molecule is CN(C)NC(=O)CCn1c(=O)c(N2CCOCC2)nc2ccccc21. The fraction of sp³-hybridized carbons (Fsp3) is 0.471. The number of anilines is 1. The molecule has 0 radical (unpaired) electrons. The van der Waals surface area contributed by atoms with Gasteiger partial charge in [-0.1, -0.05) is 12.1 Å². The van der Waals surface area contributed by atoms with E-state index in [9.17, 15) is 9.59 Å². The number of carbonyl (C=O) groups is 1. The lowest BCUT2D eigenvalue weighted by Gasteiger charge is -2.28. The minimum absolute atomic E-state index is 0.134. The first-order valence-electron chi connectivity index (χ1n) is 8.35. The van der Waals surface area contributed by atoms with Gasteiger partial charge in [-0.3, -0.25) is 15.0 Å². The van der Waals surface area contributed by atoms with E-state index in [-0.39, 0.29) is 17.9 Å². The summed E-state index contributed by atoms with van der Waals surface area (Å²) < 4.78 is 7.00. The molecule has 2 heterocycles. The lowest BCUT2D eigenvalue weighted by atomic mass is 10.2. The van der Waals surface area contributed by atoms with E-state index in [0.29, 0.717) is 38.7 Å². The molecular formula is C17H23N5O3. The summed E-state index contributed by atoms with van der Waals surface area (Å²) in [7, 11) is 3.50. The first-order chi connectivity index (χ1) is 12.1. The van der Waals surface area contributed by atoms with Crippen LogP contribution in [-0.2, 0) is 16.1 Å². The summed E-state index contributed by atoms with van der Waals surface area (Å²) in [4.78, 5) is 31.5. The molecule has 134 valence electrons. The average molecular weight is 345 g/mol. The summed E-state index contributed by atoms with van der Waals surface area (Å²) in [5.74, 6) is 0.292. The highest BCUT2D eigenvalue weighted by Gasteiger charge is 2.19. The highest BCUT2D eigenvalue weighted by atomic mass is 16.5. The predicted octanol–water partition coefficient (Wildman–Crippen LogP) is 0.216. The van der Waals surface area contributed by atoms with Crippen molar-refractivity contribution in [3.63, 3.8) is 0 Å². The van der Waals surface area contributed by atoms with E-state index in [2.05, 4.69) is 10.4 Å². The predicted molar refractivity (Wildman–Crippen MR) is 95.5 cm³/mol. The van der Waals surface area contributed by atoms with Crippen LogP contribution >= 0.6 is 0 Å². The lowest BCUT2D eigenvalue weighted by molar-refractivity contribution is -0.125. The van der Waals surface area contributed by atoms with Gasteiger partial charge in [0.25, 0.3) is 5.56 Å². The fourth-order valence-corrected chi connectivity index (χ4v) is 2.90. The molecule has 0 bridgehead atoms. The molecule has 25 heavy (non-hydrogen) atoms. The maximum absolute atomic E-state index is 13.0. The Hall–Kier alpha value is -2.45. The van der Waals surface area contributed by atoms with Gasteiger partial charge in [0.1, 0.15) is 0 Å². The van der Waals surface area contributed by atoms with E-state index >= 15 is 0 Å². The number of hydrogen-bond acceptors (Lipinski definition) is 6. The highest BCUT2D eigenvalue weighted by Crippen LogP contribution is 2.15. The van der Waals surface area contributed by atoms with Gasteiger partial charge in [-0.15, -0.1) is 0 Å². The number of aryl methyl sites for hydroxylation is 1. The minimum Gasteiger partial charge on any atom is -0.378 e. The van der Waals surface area contributed by atoms with Crippen LogP contribution in [0.1, 0.15) is 6.42 Å². The van der Waals surface area contributed by atoms with Crippen molar-refractivity contribution in [2.45, 2.75) is 13.0 Å². The number of benzene rings is 1. The molecule has 1 amide bonds. The molecule has 1 N–H and O–H groups in total. The van der Waals surface area contributed by atoms with E-state index in [1.807, 2.05) is 29.2 Å². The maximum Gasteiger partial charge on any atom is 0.294 e. The molecule has 0 unspecified atom stereocenters. The molecule has 1 aliphatic rings. The third-order valence-corrected chi connectivity index (χ3v) is 4.06. The molecule has 1 saturated heterocycles. The standard InChI is InChI=1S/C17H23N5O3/c1-20(2)19-15(23)7-8-22-14-6-4-3-5-13(14)18-16(17(22)24)21-9-11-25-12-10-21/h3-6H,7-12H2,1-2H3,(H,19,23). The molecule has 0 atom stereocenters. The third-order valence-electron chi connectivity index (χ3n) is 4.06. The van der Waals surface area contributed by atoms with Crippen molar-refractivity contribution in [1.29, 1.82) is 0 Å². The van der Waals surface area contributed by atoms with E-state index in [4.69, 9.17) is 4.74 Å². The number of fused-ring (bicyclic) bond motifs is 1. The number of hydrogen-bond donors (Lipinski definition) is 1. The Morgan fingerprint density at radius 1 is 1.28 bits per heavy atom. The normalized spacial score (nSPS) is 14.9. The molecule has 2 aromatic rings. The summed E-state index contributed by atoms with van der Waals surface area (Å²) >= 11 is 0. The molecule has 8 heteroatoms. The van der Waals surface area contributed by atoms with Gasteiger partial charge in [-0.2, -0.15) is 0 Å². The van der Waals surface area contributed by atoms with Crippen LogP contribution in [0.25, 0.3) is 11.0 Å². The van der Waals surface area contributed by atoms with Crippen LogP contribution in [0.4, 0.5) is 5.82 Å². The average Bonchev–Trinajstić information content (AvgIpc) is 2.60. The summed E-state index contributed by atoms with van der Waals surface area (Å²) in [6.45, 7) is 2.75. The number of aromatic nitrogens is 2. The maximum atomic E-state index is 13.0. The zero-order chi connectivity index (χ0) is 17.8. The van der Waals surface area contributed by atoms with Crippen molar-refractivity contribution in [2.24, 2.45) is 0 Å². The second-order valence-electron chi connectivity index (χ2n) is 6.16. The van der Waals surface area contributed by atoms with Crippen LogP contribution in [0, 0.1) is 0 Å². The topological polar surface area (TPSA) is 79.7 Å². The zero-order valence-corrected chi connectivity index (χ0v) is 14.6. The largest absolute Gasteiger partial charge is 0.378 e. The van der Waals surface area contributed by atoms with Crippen LogP contribution in [0.2, 0.25) is 0 Å². The molecule has 1 aromatic carbocycles. The van der Waals surface area contributed by atoms with Gasteiger partial charge < -0.3 is 14.2 Å². The third kappa shape index (κ3) is 3.97. The van der Waals surface area contributed by atoms with Gasteiger partial charge in [0.05, 0.1) is 24.2 Å². The second kappa shape index (κ2) is 7.62. The summed E-state index contributed by atoms with van der Waals surface area (Å²) in [6, 6.07) is 7.51. The number of nitrogens with one attached hydrogen (secondary N) is 1. The number of hydrazine groups is 1. The number of rotatable bonds is 5. The Morgan fingerprint density at radius 2 is 2.00 bits per heavy atom. The van der Waals surface area contributed by atoms with E-state index in [1.165, 1.54) is 0 Å². The number of nitrogens with zero attached hydrogens (tertiary/aromatic N) is 4. The van der Waals surface area contributed by atoms with Gasteiger partial charge in [0.15, 0.2) is 5.82 Å². The summed E-state index contributed by atoms with van der Waals surface area (Å²) in [5.41, 5.74) is 4.01. The van der Waals surface area contributed by atoms with Crippen molar-refractivity contribution < 1.29 is 9.53 Å². The van der Waals surface area contributed by atoms with Crippen molar-refractivity contribution in [3.05, 3.63) is 34.6 Å². The summed E-state index contributed by atoms with van der Waals surface area (Å²) in [6.07, 6.45) is 0.217. The number of para-hydroxylation sites is 2. The van der Waals surface area contributed by atoms with E-state index in [0.717, 1.165) is 11.0 Å². The van der Waals surface area contributed by atoms with Crippen LogP contribution in [0.5, 0.6) is 0 Å². The van der Waals surface area contributed by atoms with Gasteiger partial charge in [-0.25, -0.2) is 9.99 Å². The Morgan fingerprint density at radius 3 is 2.72 bits per heavy atom. The molecule has 0 saturated carbocycles. The Balaban J connectivity index is 1.95. The van der Waals surface area contributed by atoms with Gasteiger partial charge in [0.2, 0.25) is 5.91 Å². The van der Waals surface area contributed by atoms with E-state index in [1.54, 1.807) is 23.7 Å². The Labute approximate surface area is 146 Å². The second-order valence-corrected chi connectivity index (χ2v) is 6.16. The minimum atomic E-state index is -0.168. The molecular weight excluding hydrogens is 322 g/mol. The molecule has 1 aliphatic heterocycles. The fourth-order valence-electron chi connectivity index (χ4n) is 2.90. The quantitative estimate of drug-likeness (QED) is 0.781. The van der Waals surface area contributed by atoms with Gasteiger partial charge in [-0.05, 0) is 12.1 Å². The molecule has 0 spiro atoms. The van der Waals surface area contributed by atoms with Crippen LogP contribution in [0.15, 0.2) is 29.1 Å². The molecule has 3 rings (SSSR count). The number of morpholine rings is 1. The van der Waals surface area contributed by atoms with Gasteiger partial charge >= 0.3 is 0 Å². The smallest absolute Gasteiger partial charge is 0.294 e. The van der Waals surface area contributed by atoms with Crippen LogP contribution in [0.3, 0.4) is 0 Å². The van der Waals surface area contributed by atoms with Crippen molar-refractivity contribution in [1.82, 2.24) is 20.0 Å². The van der Waals surface area contributed by atoms with E-state index < -0.39 is 0 Å². The Kier molecular flexibility index (Phi) is 5.30. The van der Waals surface area contributed by atoms with Crippen molar-refractivity contribution in [3.8, 4) is 0 Å².